The van der Waals surface area contributed by atoms with Gasteiger partial charge in [0.1, 0.15) is 17.2 Å². The number of ether oxygens (including phenoxy) is 1. The van der Waals surface area contributed by atoms with E-state index in [1.807, 2.05) is 24.3 Å². The molecule has 1 heterocycles. The van der Waals surface area contributed by atoms with Crippen LogP contribution in [-0.2, 0) is 16.1 Å². The van der Waals surface area contributed by atoms with E-state index in [1.165, 1.54) is 25.2 Å². The Balaban J connectivity index is 1.50. The number of amides is 1. The van der Waals surface area contributed by atoms with Gasteiger partial charge in [0.05, 0.1) is 18.4 Å². The molecule has 3 rings (SSSR count). The maximum Gasteiger partial charge on any atom is 0.337 e. The topological polar surface area (TPSA) is 93.2 Å². The van der Waals surface area contributed by atoms with E-state index in [0.717, 1.165) is 5.56 Å². The number of hydrogen-bond donors (Lipinski definition) is 2. The molecule has 0 unspecified atom stereocenters. The molecule has 2 aromatic carbocycles. The molecule has 0 saturated carbocycles. The third-order valence-electron chi connectivity index (χ3n) is 4.00. The fourth-order valence-electron chi connectivity index (χ4n) is 2.49. The Morgan fingerprint density at radius 1 is 1.10 bits per heavy atom. The summed E-state index contributed by atoms with van der Waals surface area (Å²) in [6.07, 6.45) is 1.45. The lowest BCUT2D eigenvalue weighted by Gasteiger charge is -2.08. The number of methoxy groups -OCH3 is 1. The van der Waals surface area contributed by atoms with Crippen LogP contribution >= 0.6 is 23.4 Å². The van der Waals surface area contributed by atoms with Crippen LogP contribution in [0.15, 0.2) is 66.0 Å². The van der Waals surface area contributed by atoms with Crippen molar-refractivity contribution in [1.29, 1.82) is 0 Å². The molecule has 0 fully saturated rings. The number of rotatable bonds is 8. The molecule has 0 aliphatic rings. The van der Waals surface area contributed by atoms with E-state index >= 15 is 0 Å². The van der Waals surface area contributed by atoms with Gasteiger partial charge >= 0.3 is 5.97 Å². The minimum Gasteiger partial charge on any atom is -0.465 e. The standard InChI is InChI=1S/C21H19ClN4O3S/c1-29-21(28)14-6-8-16(9-7-14)26-19(27)12-30-20-10-18(24-13-25-20)23-11-15-4-2-3-5-17(15)22/h2-10,13H,11-12H2,1H3,(H,26,27)(H,23,24,25). The summed E-state index contributed by atoms with van der Waals surface area (Å²) in [6.45, 7) is 0.531. The summed E-state index contributed by atoms with van der Waals surface area (Å²) >= 11 is 7.46. The normalized spacial score (nSPS) is 10.3. The van der Waals surface area contributed by atoms with Gasteiger partial charge in [-0.2, -0.15) is 0 Å². The molecule has 2 N–H and O–H groups in total. The van der Waals surface area contributed by atoms with E-state index in [4.69, 9.17) is 11.6 Å². The van der Waals surface area contributed by atoms with Gasteiger partial charge in [-0.1, -0.05) is 41.6 Å². The van der Waals surface area contributed by atoms with Crippen LogP contribution in [0, 0.1) is 0 Å². The lowest BCUT2D eigenvalue weighted by atomic mass is 10.2. The molecular formula is C21H19ClN4O3S. The SMILES string of the molecule is COC(=O)c1ccc(NC(=O)CSc2cc(NCc3ccccc3Cl)ncn2)cc1. The van der Waals surface area contributed by atoms with Crippen molar-refractivity contribution in [2.24, 2.45) is 0 Å². The third-order valence-corrected chi connectivity index (χ3v) is 5.29. The maximum absolute atomic E-state index is 12.2. The number of nitrogens with zero attached hydrogens (tertiary/aromatic N) is 2. The second-order valence-electron chi connectivity index (χ2n) is 6.09. The second-order valence-corrected chi connectivity index (χ2v) is 7.50. The van der Waals surface area contributed by atoms with E-state index in [-0.39, 0.29) is 11.7 Å². The van der Waals surface area contributed by atoms with Crippen molar-refractivity contribution in [3.8, 4) is 0 Å². The lowest BCUT2D eigenvalue weighted by Crippen LogP contribution is -2.14. The van der Waals surface area contributed by atoms with Crippen molar-refractivity contribution in [2.75, 3.05) is 23.5 Å². The van der Waals surface area contributed by atoms with E-state index < -0.39 is 5.97 Å². The average molecular weight is 443 g/mol. The van der Waals surface area contributed by atoms with E-state index in [1.54, 1.807) is 30.3 Å². The predicted octanol–water partition coefficient (Wildman–Crippen LogP) is 4.26. The highest BCUT2D eigenvalue weighted by molar-refractivity contribution is 7.99. The number of halogens is 1. The Bertz CT molecular complexity index is 1030. The maximum atomic E-state index is 12.2. The number of nitrogens with one attached hydrogen (secondary N) is 2. The summed E-state index contributed by atoms with van der Waals surface area (Å²) in [5.74, 6) is 0.215. The Hall–Kier alpha value is -3.10. The molecule has 30 heavy (non-hydrogen) atoms. The zero-order valence-electron chi connectivity index (χ0n) is 16.1. The zero-order valence-corrected chi connectivity index (χ0v) is 17.7. The Labute approximate surface area is 183 Å². The molecule has 154 valence electrons. The number of carbonyl (C=O) groups is 2. The summed E-state index contributed by atoms with van der Waals surface area (Å²) < 4.78 is 4.65. The first kappa shape index (κ1) is 21.6. The third kappa shape index (κ3) is 6.20. The van der Waals surface area contributed by atoms with Gasteiger partial charge in [-0.25, -0.2) is 14.8 Å². The van der Waals surface area contributed by atoms with Crippen LogP contribution in [0.1, 0.15) is 15.9 Å². The van der Waals surface area contributed by atoms with Gasteiger partial charge in [0.25, 0.3) is 0 Å². The number of carbonyl (C=O) groups excluding carboxylic acids is 2. The number of thioether (sulfide) groups is 1. The van der Waals surface area contributed by atoms with Gasteiger partial charge in [0.2, 0.25) is 5.91 Å². The molecule has 0 spiro atoms. The van der Waals surface area contributed by atoms with Gasteiger partial charge in [-0.3, -0.25) is 4.79 Å². The number of aromatic nitrogens is 2. The van der Waals surface area contributed by atoms with Crippen LogP contribution < -0.4 is 10.6 Å². The van der Waals surface area contributed by atoms with Gasteiger partial charge in [-0.15, -0.1) is 0 Å². The first-order valence-corrected chi connectivity index (χ1v) is 10.3. The van der Waals surface area contributed by atoms with Crippen molar-refractivity contribution in [2.45, 2.75) is 11.6 Å². The summed E-state index contributed by atoms with van der Waals surface area (Å²) in [7, 11) is 1.32. The number of benzene rings is 2. The molecule has 0 atom stereocenters. The summed E-state index contributed by atoms with van der Waals surface area (Å²) in [5, 5.41) is 7.33. The smallest absolute Gasteiger partial charge is 0.337 e. The average Bonchev–Trinajstić information content (AvgIpc) is 2.77. The van der Waals surface area contributed by atoms with Crippen molar-refractivity contribution in [3.05, 3.63) is 77.1 Å². The quantitative estimate of drug-likeness (QED) is 0.306. The molecule has 7 nitrogen and oxygen atoms in total. The Morgan fingerprint density at radius 3 is 2.60 bits per heavy atom. The van der Waals surface area contributed by atoms with E-state index in [9.17, 15) is 9.59 Å². The first-order chi connectivity index (χ1) is 14.5. The van der Waals surface area contributed by atoms with Gasteiger partial charge < -0.3 is 15.4 Å². The van der Waals surface area contributed by atoms with Crippen LogP contribution in [0.25, 0.3) is 0 Å². The molecular weight excluding hydrogens is 424 g/mol. The van der Waals surface area contributed by atoms with Crippen molar-refractivity contribution < 1.29 is 14.3 Å². The molecule has 0 bridgehead atoms. The largest absolute Gasteiger partial charge is 0.465 e. The zero-order chi connectivity index (χ0) is 21.3. The predicted molar refractivity (Wildman–Crippen MR) is 118 cm³/mol. The second kappa shape index (κ2) is 10.6. The Kier molecular flexibility index (Phi) is 7.64. The number of anilines is 2. The number of hydrogen-bond acceptors (Lipinski definition) is 7. The minimum atomic E-state index is -0.425. The van der Waals surface area contributed by atoms with Crippen LogP contribution in [0.4, 0.5) is 11.5 Å². The minimum absolute atomic E-state index is 0.180. The lowest BCUT2D eigenvalue weighted by molar-refractivity contribution is -0.113. The van der Waals surface area contributed by atoms with Crippen LogP contribution in [-0.4, -0.2) is 34.7 Å². The highest BCUT2D eigenvalue weighted by Gasteiger charge is 2.08. The van der Waals surface area contributed by atoms with Gasteiger partial charge in [0.15, 0.2) is 0 Å². The van der Waals surface area contributed by atoms with E-state index in [2.05, 4.69) is 25.3 Å². The molecule has 3 aromatic rings. The van der Waals surface area contributed by atoms with Crippen molar-refractivity contribution >= 4 is 46.7 Å². The highest BCUT2D eigenvalue weighted by Crippen LogP contribution is 2.20. The summed E-state index contributed by atoms with van der Waals surface area (Å²) in [6, 6.07) is 15.8. The van der Waals surface area contributed by atoms with Gasteiger partial charge in [-0.05, 0) is 35.9 Å². The summed E-state index contributed by atoms with van der Waals surface area (Å²) in [5.41, 5.74) is 1.98. The molecule has 0 aliphatic carbocycles. The van der Waals surface area contributed by atoms with Crippen molar-refractivity contribution in [3.63, 3.8) is 0 Å². The van der Waals surface area contributed by atoms with E-state index in [0.29, 0.717) is 33.7 Å². The fourth-order valence-corrected chi connectivity index (χ4v) is 3.36. The monoisotopic (exact) mass is 442 g/mol. The first-order valence-electron chi connectivity index (χ1n) is 8.95. The number of esters is 1. The van der Waals surface area contributed by atoms with Crippen LogP contribution in [0.2, 0.25) is 5.02 Å². The Morgan fingerprint density at radius 2 is 1.87 bits per heavy atom. The van der Waals surface area contributed by atoms with Crippen LogP contribution in [0.3, 0.4) is 0 Å². The van der Waals surface area contributed by atoms with Gasteiger partial charge in [0, 0.05) is 23.3 Å². The molecule has 1 amide bonds. The molecule has 9 heteroatoms. The summed E-state index contributed by atoms with van der Waals surface area (Å²) in [4.78, 5) is 32.0. The molecule has 1 aromatic heterocycles. The molecule has 0 saturated heterocycles. The van der Waals surface area contributed by atoms with Crippen molar-refractivity contribution in [1.82, 2.24) is 9.97 Å². The molecule has 0 aliphatic heterocycles. The van der Waals surface area contributed by atoms with Crippen LogP contribution in [0.5, 0.6) is 0 Å². The molecule has 0 radical (unpaired) electrons. The fraction of sp³-hybridized carbons (Fsp3) is 0.143. The highest BCUT2D eigenvalue weighted by atomic mass is 35.5.